The van der Waals surface area contributed by atoms with Crippen molar-refractivity contribution in [3.8, 4) is 0 Å². The number of hydrogen-bond donors (Lipinski definition) is 3. The summed E-state index contributed by atoms with van der Waals surface area (Å²) < 4.78 is 5.35. The second kappa shape index (κ2) is 8.43. The Morgan fingerprint density at radius 3 is 3.06 bits per heavy atom. The fraction of sp³-hybridized carbons (Fsp3) is 0.500. The Morgan fingerprint density at radius 1 is 1.50 bits per heavy atom. The van der Waals surface area contributed by atoms with Crippen molar-refractivity contribution in [1.82, 2.24) is 10.3 Å². The minimum atomic E-state index is -0.159. The molecule has 0 spiro atoms. The summed E-state index contributed by atoms with van der Waals surface area (Å²) in [6, 6.07) is 3.22. The van der Waals surface area contributed by atoms with Crippen molar-refractivity contribution in [3.63, 3.8) is 0 Å². The molecule has 0 aromatic carbocycles. The van der Waals surface area contributed by atoms with Gasteiger partial charge in [0, 0.05) is 24.9 Å². The van der Waals surface area contributed by atoms with Gasteiger partial charge in [0.05, 0.1) is 6.61 Å². The molecule has 6 nitrogen and oxygen atoms in total. The standard InChI is InChI=1S/C12H20N4O2/c1-2-3-7-18-8-6-15-12(17)10-4-5-14-11(9-10)16-13/h4-5,9H,2-3,6-8,13H2,1H3,(H,14,16)(H,15,17). The SMILES string of the molecule is CCCCOCCNC(=O)c1ccnc(NN)c1. The van der Waals surface area contributed by atoms with Crippen LogP contribution in [0.3, 0.4) is 0 Å². The van der Waals surface area contributed by atoms with Crippen LogP contribution in [0.15, 0.2) is 18.3 Å². The zero-order chi connectivity index (χ0) is 13.2. The molecule has 1 heterocycles. The number of unbranched alkanes of at least 4 members (excludes halogenated alkanes) is 1. The first-order chi connectivity index (χ1) is 8.77. The van der Waals surface area contributed by atoms with Gasteiger partial charge < -0.3 is 15.5 Å². The molecule has 0 saturated carbocycles. The van der Waals surface area contributed by atoms with E-state index in [1.54, 1.807) is 12.1 Å². The normalized spacial score (nSPS) is 10.1. The van der Waals surface area contributed by atoms with Crippen molar-refractivity contribution in [3.05, 3.63) is 23.9 Å². The molecule has 1 aromatic heterocycles. The summed E-state index contributed by atoms with van der Waals surface area (Å²) in [5.74, 6) is 5.52. The molecule has 0 saturated heterocycles. The van der Waals surface area contributed by atoms with Gasteiger partial charge in [-0.3, -0.25) is 4.79 Å². The van der Waals surface area contributed by atoms with E-state index in [2.05, 4.69) is 22.7 Å². The quantitative estimate of drug-likeness (QED) is 0.363. The molecule has 18 heavy (non-hydrogen) atoms. The number of hydrazine groups is 1. The fourth-order valence-corrected chi connectivity index (χ4v) is 1.34. The summed E-state index contributed by atoms with van der Waals surface area (Å²) in [5, 5.41) is 2.77. The molecule has 0 aliphatic rings. The van der Waals surface area contributed by atoms with Gasteiger partial charge in [0.1, 0.15) is 5.82 Å². The van der Waals surface area contributed by atoms with Gasteiger partial charge in [0.2, 0.25) is 0 Å². The van der Waals surface area contributed by atoms with Crippen LogP contribution in [0, 0.1) is 0 Å². The molecular formula is C12H20N4O2. The number of nitrogens with two attached hydrogens (primary N) is 1. The van der Waals surface area contributed by atoms with E-state index in [0.29, 0.717) is 24.5 Å². The first-order valence-corrected chi connectivity index (χ1v) is 6.06. The van der Waals surface area contributed by atoms with E-state index in [0.717, 1.165) is 19.4 Å². The van der Waals surface area contributed by atoms with Crippen LogP contribution in [0.2, 0.25) is 0 Å². The van der Waals surface area contributed by atoms with Crippen LogP contribution in [-0.2, 0) is 4.74 Å². The van der Waals surface area contributed by atoms with Crippen LogP contribution < -0.4 is 16.6 Å². The van der Waals surface area contributed by atoms with Crippen LogP contribution in [0.1, 0.15) is 30.1 Å². The highest BCUT2D eigenvalue weighted by Gasteiger charge is 2.05. The van der Waals surface area contributed by atoms with E-state index < -0.39 is 0 Å². The van der Waals surface area contributed by atoms with Crippen LogP contribution in [0.4, 0.5) is 5.82 Å². The molecule has 0 aliphatic carbocycles. The summed E-state index contributed by atoms with van der Waals surface area (Å²) >= 11 is 0. The maximum atomic E-state index is 11.7. The van der Waals surface area contributed by atoms with Crippen molar-refractivity contribution in [2.24, 2.45) is 5.84 Å². The lowest BCUT2D eigenvalue weighted by Crippen LogP contribution is -2.27. The van der Waals surface area contributed by atoms with Crippen molar-refractivity contribution < 1.29 is 9.53 Å². The molecule has 4 N–H and O–H groups in total. The van der Waals surface area contributed by atoms with Gasteiger partial charge in [-0.1, -0.05) is 13.3 Å². The average Bonchev–Trinajstić information content (AvgIpc) is 2.42. The van der Waals surface area contributed by atoms with Crippen molar-refractivity contribution in [1.29, 1.82) is 0 Å². The molecule has 1 aromatic rings. The average molecular weight is 252 g/mol. The molecule has 0 aliphatic heterocycles. The van der Waals surface area contributed by atoms with E-state index in [-0.39, 0.29) is 5.91 Å². The third-order valence-electron chi connectivity index (χ3n) is 2.34. The Balaban J connectivity index is 2.27. The number of ether oxygens (including phenoxy) is 1. The van der Waals surface area contributed by atoms with Gasteiger partial charge in [0.15, 0.2) is 0 Å². The Hall–Kier alpha value is -1.66. The van der Waals surface area contributed by atoms with E-state index in [1.807, 2.05) is 0 Å². The Labute approximate surface area is 107 Å². The van der Waals surface area contributed by atoms with Gasteiger partial charge in [-0.15, -0.1) is 0 Å². The number of nitrogens with one attached hydrogen (secondary N) is 2. The third-order valence-corrected chi connectivity index (χ3v) is 2.34. The van der Waals surface area contributed by atoms with Crippen LogP contribution in [0.25, 0.3) is 0 Å². The topological polar surface area (TPSA) is 89.3 Å². The first-order valence-electron chi connectivity index (χ1n) is 6.06. The Morgan fingerprint density at radius 2 is 2.33 bits per heavy atom. The summed E-state index contributed by atoms with van der Waals surface area (Å²) in [4.78, 5) is 15.7. The zero-order valence-electron chi connectivity index (χ0n) is 10.6. The van der Waals surface area contributed by atoms with Gasteiger partial charge in [0.25, 0.3) is 5.91 Å². The Kier molecular flexibility index (Phi) is 6.75. The molecular weight excluding hydrogens is 232 g/mol. The van der Waals surface area contributed by atoms with E-state index >= 15 is 0 Å². The van der Waals surface area contributed by atoms with E-state index in [9.17, 15) is 4.79 Å². The molecule has 0 atom stereocenters. The number of amides is 1. The number of carbonyl (C=O) groups is 1. The Bertz CT molecular complexity index is 371. The molecule has 100 valence electrons. The highest BCUT2D eigenvalue weighted by Crippen LogP contribution is 2.04. The van der Waals surface area contributed by atoms with Crippen molar-refractivity contribution >= 4 is 11.7 Å². The minimum absolute atomic E-state index is 0.159. The molecule has 1 rings (SSSR count). The number of hydrogen-bond acceptors (Lipinski definition) is 5. The molecule has 0 fully saturated rings. The predicted octanol–water partition coefficient (Wildman–Crippen LogP) is 0.914. The molecule has 0 bridgehead atoms. The lowest BCUT2D eigenvalue weighted by Gasteiger charge is -2.07. The predicted molar refractivity (Wildman–Crippen MR) is 70.1 cm³/mol. The van der Waals surface area contributed by atoms with Crippen LogP contribution in [-0.4, -0.2) is 30.6 Å². The fourth-order valence-electron chi connectivity index (χ4n) is 1.34. The minimum Gasteiger partial charge on any atom is -0.380 e. The number of carbonyl (C=O) groups excluding carboxylic acids is 1. The highest BCUT2D eigenvalue weighted by molar-refractivity contribution is 5.94. The number of rotatable bonds is 8. The summed E-state index contributed by atoms with van der Waals surface area (Å²) in [7, 11) is 0. The molecule has 1 amide bonds. The van der Waals surface area contributed by atoms with E-state index in [4.69, 9.17) is 10.6 Å². The molecule has 0 unspecified atom stereocenters. The molecule has 0 radical (unpaired) electrons. The number of anilines is 1. The smallest absolute Gasteiger partial charge is 0.251 e. The number of pyridine rings is 1. The maximum Gasteiger partial charge on any atom is 0.251 e. The van der Waals surface area contributed by atoms with Gasteiger partial charge in [-0.05, 0) is 18.6 Å². The monoisotopic (exact) mass is 252 g/mol. The number of nitrogen functional groups attached to an aromatic ring is 1. The lowest BCUT2D eigenvalue weighted by atomic mass is 10.2. The van der Waals surface area contributed by atoms with Gasteiger partial charge in [-0.25, -0.2) is 10.8 Å². The first kappa shape index (κ1) is 14.4. The zero-order valence-corrected chi connectivity index (χ0v) is 10.6. The molecule has 6 heteroatoms. The number of aromatic nitrogens is 1. The highest BCUT2D eigenvalue weighted by atomic mass is 16.5. The largest absolute Gasteiger partial charge is 0.380 e. The van der Waals surface area contributed by atoms with Crippen molar-refractivity contribution in [2.45, 2.75) is 19.8 Å². The maximum absolute atomic E-state index is 11.7. The second-order valence-electron chi connectivity index (χ2n) is 3.80. The van der Waals surface area contributed by atoms with Gasteiger partial charge >= 0.3 is 0 Å². The summed E-state index contributed by atoms with van der Waals surface area (Å²) in [6.07, 6.45) is 3.68. The van der Waals surface area contributed by atoms with E-state index in [1.165, 1.54) is 6.20 Å². The number of nitrogens with zero attached hydrogens (tertiary/aromatic N) is 1. The summed E-state index contributed by atoms with van der Waals surface area (Å²) in [6.45, 7) is 3.87. The lowest BCUT2D eigenvalue weighted by molar-refractivity contribution is 0.0912. The third kappa shape index (κ3) is 5.11. The summed E-state index contributed by atoms with van der Waals surface area (Å²) in [5.41, 5.74) is 2.92. The van der Waals surface area contributed by atoms with Crippen LogP contribution in [0.5, 0.6) is 0 Å². The van der Waals surface area contributed by atoms with Crippen molar-refractivity contribution in [2.75, 3.05) is 25.2 Å². The van der Waals surface area contributed by atoms with Gasteiger partial charge in [-0.2, -0.15) is 0 Å². The second-order valence-corrected chi connectivity index (χ2v) is 3.80. The van der Waals surface area contributed by atoms with Crippen LogP contribution >= 0.6 is 0 Å².